The minimum absolute atomic E-state index is 0.122. The molecule has 1 amide bonds. The van der Waals surface area contributed by atoms with Crippen molar-refractivity contribution in [2.45, 2.75) is 42.7 Å². The quantitative estimate of drug-likeness (QED) is 0.335. The van der Waals surface area contributed by atoms with Gasteiger partial charge in [0.1, 0.15) is 0 Å². The van der Waals surface area contributed by atoms with Gasteiger partial charge in [-0.25, -0.2) is 9.97 Å². The van der Waals surface area contributed by atoms with Crippen LogP contribution in [0.3, 0.4) is 0 Å². The largest absolute Gasteiger partial charge is 0.490 e. The lowest BCUT2D eigenvalue weighted by Gasteiger charge is -2.30. The number of aryl methyl sites for hydroxylation is 1. The normalized spacial score (nSPS) is 16.2. The summed E-state index contributed by atoms with van der Waals surface area (Å²) < 4.78 is 5.77. The van der Waals surface area contributed by atoms with Gasteiger partial charge < -0.3 is 25.6 Å². The van der Waals surface area contributed by atoms with Crippen LogP contribution >= 0.6 is 11.8 Å². The zero-order valence-electron chi connectivity index (χ0n) is 20.6. The van der Waals surface area contributed by atoms with Gasteiger partial charge in [0.05, 0.1) is 7.11 Å². The molecule has 0 atom stereocenters. The van der Waals surface area contributed by atoms with Gasteiger partial charge in [-0.1, -0.05) is 12.8 Å². The predicted molar refractivity (Wildman–Crippen MR) is 141 cm³/mol. The molecule has 1 aromatic carbocycles. The molecule has 190 valence electrons. The van der Waals surface area contributed by atoms with Crippen molar-refractivity contribution in [3.05, 3.63) is 36.0 Å². The van der Waals surface area contributed by atoms with E-state index in [2.05, 4.69) is 31.0 Å². The van der Waals surface area contributed by atoms with E-state index < -0.39 is 0 Å². The molecule has 4 N–H and O–H groups in total. The summed E-state index contributed by atoms with van der Waals surface area (Å²) >= 11 is 1.47. The summed E-state index contributed by atoms with van der Waals surface area (Å²) in [7, 11) is 1.64. The van der Waals surface area contributed by atoms with Crippen LogP contribution in [0, 0.1) is 12.8 Å². The van der Waals surface area contributed by atoms with Crippen LogP contribution in [0.5, 0.6) is 5.75 Å². The lowest BCUT2D eigenvalue weighted by atomic mass is 10.1. The SMILES string of the molecule is COc1c(Nc2cc(C)[nH]n2)nc(Sc2ccc(NC(=O)C3CCCC3)cc2)nc1N1CCNCC1. The molecule has 36 heavy (non-hydrogen) atoms. The van der Waals surface area contributed by atoms with Gasteiger partial charge in [-0.2, -0.15) is 5.10 Å². The Labute approximate surface area is 215 Å². The van der Waals surface area contributed by atoms with Crippen molar-refractivity contribution in [1.82, 2.24) is 25.5 Å². The van der Waals surface area contributed by atoms with Crippen molar-refractivity contribution < 1.29 is 9.53 Å². The summed E-state index contributed by atoms with van der Waals surface area (Å²) in [6.07, 6.45) is 4.25. The van der Waals surface area contributed by atoms with Crippen molar-refractivity contribution in [3.63, 3.8) is 0 Å². The van der Waals surface area contributed by atoms with Crippen LogP contribution in [-0.2, 0) is 4.79 Å². The number of aromatic amines is 1. The highest BCUT2D eigenvalue weighted by Gasteiger charge is 2.24. The molecule has 10 nitrogen and oxygen atoms in total. The number of methoxy groups -OCH3 is 1. The maximum absolute atomic E-state index is 12.5. The molecule has 0 bridgehead atoms. The monoisotopic (exact) mass is 508 g/mol. The van der Waals surface area contributed by atoms with Gasteiger partial charge in [-0.05, 0) is 55.8 Å². The van der Waals surface area contributed by atoms with Crippen LogP contribution in [0.15, 0.2) is 40.4 Å². The number of benzene rings is 1. The second kappa shape index (κ2) is 11.2. The topological polar surface area (TPSA) is 120 Å². The fourth-order valence-electron chi connectivity index (χ4n) is 4.58. The second-order valence-electron chi connectivity index (χ2n) is 9.11. The van der Waals surface area contributed by atoms with E-state index in [4.69, 9.17) is 14.7 Å². The Hall–Kier alpha value is -3.31. The predicted octanol–water partition coefficient (Wildman–Crippen LogP) is 3.95. The third-order valence-corrected chi connectivity index (χ3v) is 7.33. The molecule has 11 heteroatoms. The van der Waals surface area contributed by atoms with Crippen molar-refractivity contribution in [3.8, 4) is 5.75 Å². The summed E-state index contributed by atoms with van der Waals surface area (Å²) in [4.78, 5) is 25.3. The van der Waals surface area contributed by atoms with E-state index in [1.54, 1.807) is 7.11 Å². The molecule has 1 saturated carbocycles. The number of ether oxygens (including phenoxy) is 1. The van der Waals surface area contributed by atoms with Crippen LogP contribution in [0.25, 0.3) is 0 Å². The molecule has 0 radical (unpaired) electrons. The molecular formula is C25H32N8O2S. The van der Waals surface area contributed by atoms with Crippen molar-refractivity contribution in [2.24, 2.45) is 5.92 Å². The molecule has 1 aliphatic carbocycles. The summed E-state index contributed by atoms with van der Waals surface area (Å²) in [5.74, 6) is 2.83. The number of carbonyl (C=O) groups is 1. The molecule has 5 rings (SSSR count). The van der Waals surface area contributed by atoms with E-state index >= 15 is 0 Å². The summed E-state index contributed by atoms with van der Waals surface area (Å²) in [6, 6.07) is 9.75. The molecule has 1 saturated heterocycles. The second-order valence-corrected chi connectivity index (χ2v) is 10.1. The molecule has 2 aromatic heterocycles. The minimum atomic E-state index is 0.122. The van der Waals surface area contributed by atoms with Gasteiger partial charge in [-0.15, -0.1) is 0 Å². The molecule has 2 fully saturated rings. The molecule has 3 aromatic rings. The smallest absolute Gasteiger partial charge is 0.227 e. The van der Waals surface area contributed by atoms with Crippen LogP contribution < -0.4 is 25.6 Å². The first kappa shape index (κ1) is 24.4. The summed E-state index contributed by atoms with van der Waals surface area (Å²) in [5.41, 5.74) is 1.76. The number of hydrogen-bond donors (Lipinski definition) is 4. The van der Waals surface area contributed by atoms with Gasteiger partial charge in [0.2, 0.25) is 11.7 Å². The molecule has 1 aliphatic heterocycles. The number of nitrogens with zero attached hydrogens (tertiary/aromatic N) is 4. The third kappa shape index (κ3) is 5.73. The maximum Gasteiger partial charge on any atom is 0.227 e. The van der Waals surface area contributed by atoms with E-state index in [-0.39, 0.29) is 11.8 Å². The van der Waals surface area contributed by atoms with Crippen LogP contribution in [0.1, 0.15) is 31.4 Å². The van der Waals surface area contributed by atoms with Crippen molar-refractivity contribution in [1.29, 1.82) is 0 Å². The van der Waals surface area contributed by atoms with E-state index in [0.29, 0.717) is 22.5 Å². The highest BCUT2D eigenvalue weighted by molar-refractivity contribution is 7.99. The summed E-state index contributed by atoms with van der Waals surface area (Å²) in [5, 5.41) is 17.5. The molecule has 2 aliphatic rings. The molecule has 0 spiro atoms. The summed E-state index contributed by atoms with van der Waals surface area (Å²) in [6.45, 7) is 5.36. The Morgan fingerprint density at radius 2 is 1.89 bits per heavy atom. The Bertz CT molecular complexity index is 1190. The average molecular weight is 509 g/mol. The Morgan fingerprint density at radius 3 is 2.56 bits per heavy atom. The number of H-pyrrole nitrogens is 1. The average Bonchev–Trinajstić information content (AvgIpc) is 3.58. The van der Waals surface area contributed by atoms with Crippen molar-refractivity contribution in [2.75, 3.05) is 48.8 Å². The fourth-order valence-corrected chi connectivity index (χ4v) is 5.33. The first-order chi connectivity index (χ1) is 17.6. The minimum Gasteiger partial charge on any atom is -0.490 e. The van der Waals surface area contributed by atoms with Gasteiger partial charge in [-0.3, -0.25) is 9.89 Å². The van der Waals surface area contributed by atoms with Gasteiger partial charge in [0.15, 0.2) is 22.6 Å². The zero-order valence-corrected chi connectivity index (χ0v) is 21.5. The number of aromatic nitrogens is 4. The van der Waals surface area contributed by atoms with Crippen LogP contribution in [0.4, 0.5) is 23.1 Å². The van der Waals surface area contributed by atoms with E-state index in [9.17, 15) is 4.79 Å². The standard InChI is InChI=1S/C25H32N8O2S/c1-16-15-20(32-31-16)28-22-21(35-2)23(33-13-11-26-12-14-33)30-25(29-22)36-19-9-7-18(8-10-19)27-24(34)17-5-3-4-6-17/h7-10,15,17,26H,3-6,11-14H2,1-2H3,(H,27,34)(H2,28,29,30,31,32). The first-order valence-corrected chi connectivity index (χ1v) is 13.2. The number of rotatable bonds is 8. The Kier molecular flexibility index (Phi) is 7.57. The van der Waals surface area contributed by atoms with Crippen LogP contribution in [-0.4, -0.2) is 59.4 Å². The highest BCUT2D eigenvalue weighted by atomic mass is 32.2. The fraction of sp³-hybridized carbons (Fsp3) is 0.440. The number of anilines is 4. The molecule has 3 heterocycles. The van der Waals surface area contributed by atoms with Gasteiger partial charge in [0.25, 0.3) is 0 Å². The first-order valence-electron chi connectivity index (χ1n) is 12.4. The number of hydrogen-bond acceptors (Lipinski definition) is 9. The van der Waals surface area contributed by atoms with Crippen molar-refractivity contribution >= 4 is 40.8 Å². The molecular weight excluding hydrogens is 476 g/mol. The highest BCUT2D eigenvalue weighted by Crippen LogP contribution is 2.38. The van der Waals surface area contributed by atoms with E-state index in [1.807, 2.05) is 37.3 Å². The lowest BCUT2D eigenvalue weighted by molar-refractivity contribution is -0.119. The van der Waals surface area contributed by atoms with E-state index in [0.717, 1.165) is 74.0 Å². The Balaban J connectivity index is 1.38. The number of piperazine rings is 1. The van der Waals surface area contributed by atoms with Gasteiger partial charge in [0, 0.05) is 54.4 Å². The number of carbonyl (C=O) groups excluding carboxylic acids is 1. The Morgan fingerprint density at radius 1 is 1.14 bits per heavy atom. The lowest BCUT2D eigenvalue weighted by Crippen LogP contribution is -2.44. The zero-order chi connectivity index (χ0) is 24.9. The number of nitrogens with one attached hydrogen (secondary N) is 4. The van der Waals surface area contributed by atoms with E-state index in [1.165, 1.54) is 11.8 Å². The maximum atomic E-state index is 12.5. The van der Waals surface area contributed by atoms with Gasteiger partial charge >= 0.3 is 0 Å². The van der Waals surface area contributed by atoms with Crippen LogP contribution in [0.2, 0.25) is 0 Å². The number of amides is 1. The third-order valence-electron chi connectivity index (χ3n) is 6.46. The molecule has 0 unspecified atom stereocenters.